The molecule has 2 aromatic carbocycles. The van der Waals surface area contributed by atoms with E-state index in [1.54, 1.807) is 0 Å². The third-order valence-corrected chi connectivity index (χ3v) is 14.8. The van der Waals surface area contributed by atoms with Gasteiger partial charge in [-0.2, -0.15) is 0 Å². The molecule has 0 bridgehead atoms. The molecule has 2 aromatic heterocycles. The molecule has 4 aliphatic rings. The summed E-state index contributed by atoms with van der Waals surface area (Å²) in [5.74, 6) is -0.596. The minimum Gasteiger partial charge on any atom is -0.361 e. The number of amides is 6. The summed E-state index contributed by atoms with van der Waals surface area (Å²) in [7, 11) is 0. The molecule has 6 amide bonds. The first kappa shape index (κ1) is 53.8. The Morgan fingerprint density at radius 3 is 1.46 bits per heavy atom. The van der Waals surface area contributed by atoms with E-state index in [1.165, 1.54) is 42.8 Å². The number of Topliss-reactive ketones (excluding diaryl/α,β-unsaturated/α-hetero) is 2. The first-order chi connectivity index (χ1) is 35.0. The van der Waals surface area contributed by atoms with E-state index in [0.29, 0.717) is 90.1 Å². The van der Waals surface area contributed by atoms with Gasteiger partial charge in [-0.3, -0.25) is 38.8 Å². The van der Waals surface area contributed by atoms with Crippen molar-refractivity contribution in [3.8, 4) is 0 Å². The highest BCUT2D eigenvalue weighted by molar-refractivity contribution is 5.97. The van der Waals surface area contributed by atoms with Crippen LogP contribution < -0.4 is 32.7 Å². The number of rotatable bonds is 22. The van der Waals surface area contributed by atoms with Gasteiger partial charge >= 0.3 is 12.1 Å². The van der Waals surface area contributed by atoms with Crippen LogP contribution in [0.15, 0.2) is 74.1 Å². The van der Waals surface area contributed by atoms with Crippen LogP contribution in [0.25, 0.3) is 21.8 Å². The first-order valence-corrected chi connectivity index (χ1v) is 25.9. The number of likely N-dealkylation sites (tertiary alicyclic amines) is 2. The Morgan fingerprint density at radius 2 is 1.08 bits per heavy atom. The maximum atomic E-state index is 13.8. The number of aromatic amines is 2. The van der Waals surface area contributed by atoms with Gasteiger partial charge in [0.15, 0.2) is 11.6 Å². The number of aromatic nitrogens is 2. The zero-order chi connectivity index (χ0) is 51.3. The molecule has 2 aliphatic heterocycles. The van der Waals surface area contributed by atoms with Crippen molar-refractivity contribution < 1.29 is 28.8 Å². The first-order valence-electron chi connectivity index (χ1n) is 25.9. The smallest absolute Gasteiger partial charge is 0.324 e. The minimum atomic E-state index is -0.364. The number of nitrogens with two attached hydrogens (primary N) is 2. The number of nitrogens with one attached hydrogen (secondary N) is 6. The normalized spacial score (nSPS) is 21.1. The van der Waals surface area contributed by atoms with E-state index < -0.39 is 0 Å². The summed E-state index contributed by atoms with van der Waals surface area (Å²) in [5, 5.41) is 14.2. The largest absolute Gasteiger partial charge is 0.361 e. The van der Waals surface area contributed by atoms with Crippen LogP contribution in [-0.4, -0.2) is 169 Å². The molecule has 0 unspecified atom stereocenters. The molecule has 0 saturated carbocycles. The van der Waals surface area contributed by atoms with Crippen LogP contribution in [-0.2, 0) is 32.0 Å². The SMILES string of the molecule is C=CCN1C[C@H](C(=O)N(CCCNCC(=O)CN)C(=O)NCC)C[C@@H]2c3cccc4[nH]cc(c34)C[C@H]21.C=CCN1C[C@H](C(=O)N(CCCNCC(=O)CN)C(=O)NCC)C[C@@H]2c3cccc4[nH]cc(c34)C[C@H]21. The molecule has 388 valence electrons. The van der Waals surface area contributed by atoms with Gasteiger partial charge in [0.25, 0.3) is 0 Å². The van der Waals surface area contributed by atoms with Crippen LogP contribution in [0.2, 0.25) is 0 Å². The number of ketones is 2. The molecule has 0 spiro atoms. The Labute approximate surface area is 423 Å². The summed E-state index contributed by atoms with van der Waals surface area (Å²) in [5.41, 5.74) is 18.2. The van der Waals surface area contributed by atoms with E-state index in [4.69, 9.17) is 11.5 Å². The summed E-state index contributed by atoms with van der Waals surface area (Å²) >= 11 is 0. The van der Waals surface area contributed by atoms with E-state index in [9.17, 15) is 28.8 Å². The molecule has 72 heavy (non-hydrogen) atoms. The predicted octanol–water partition coefficient (Wildman–Crippen LogP) is 3.50. The third-order valence-electron chi connectivity index (χ3n) is 14.8. The molecule has 2 fully saturated rings. The van der Waals surface area contributed by atoms with Gasteiger partial charge in [-0.1, -0.05) is 36.4 Å². The second-order valence-corrected chi connectivity index (χ2v) is 19.5. The van der Waals surface area contributed by atoms with Crippen LogP contribution in [0.3, 0.4) is 0 Å². The summed E-state index contributed by atoms with van der Waals surface area (Å²) in [6.45, 7) is 17.1. The maximum Gasteiger partial charge on any atom is 0.324 e. The number of carbonyl (C=O) groups is 6. The van der Waals surface area contributed by atoms with E-state index in [2.05, 4.69) is 103 Å². The monoisotopic (exact) mass is 989 g/mol. The molecule has 4 aromatic rings. The highest BCUT2D eigenvalue weighted by Crippen LogP contribution is 2.46. The Kier molecular flexibility index (Phi) is 19.1. The maximum absolute atomic E-state index is 13.8. The lowest BCUT2D eigenvalue weighted by Gasteiger charge is -2.47. The number of carbonyl (C=O) groups excluding carboxylic acids is 6. The zero-order valence-electron chi connectivity index (χ0n) is 42.2. The van der Waals surface area contributed by atoms with Gasteiger partial charge in [-0.15, -0.1) is 13.2 Å². The standard InChI is InChI=1S/2C27H38N6O3/c2*1-3-10-32-17-19(12-22-21-7-5-8-23-25(21)18(15-31-23)13-24(22)32)26(35)33(27(36)30-4-2)11-6-9-29-16-20(34)14-28/h2*3,5,7-8,15,19,22,24,29,31H,1,4,6,9-14,16-17,28H2,2H3,(H,30,36)/t2*19-,22-,24-/m11/s1. The van der Waals surface area contributed by atoms with E-state index in [1.807, 2.05) is 26.0 Å². The Hall–Kier alpha value is -6.02. The van der Waals surface area contributed by atoms with Gasteiger partial charge in [0.05, 0.1) is 38.0 Å². The third kappa shape index (κ3) is 12.2. The second-order valence-electron chi connectivity index (χ2n) is 19.5. The number of H-pyrrole nitrogens is 2. The summed E-state index contributed by atoms with van der Waals surface area (Å²) in [4.78, 5) is 90.5. The van der Waals surface area contributed by atoms with E-state index in [0.717, 1.165) is 23.9 Å². The molecule has 6 atom stereocenters. The molecular weight excluding hydrogens is 913 g/mol. The van der Waals surface area contributed by atoms with Gasteiger partial charge in [-0.05, 0) is 99.8 Å². The molecule has 2 aliphatic carbocycles. The van der Waals surface area contributed by atoms with Gasteiger partial charge in [0.2, 0.25) is 11.8 Å². The lowest BCUT2D eigenvalue weighted by molar-refractivity contribution is -0.136. The Morgan fingerprint density at radius 1 is 0.667 bits per heavy atom. The number of imide groups is 2. The van der Waals surface area contributed by atoms with Gasteiger partial charge in [0, 0.05) is 110 Å². The van der Waals surface area contributed by atoms with E-state index in [-0.39, 0.29) is 98.4 Å². The van der Waals surface area contributed by atoms with Gasteiger partial charge < -0.3 is 42.7 Å². The van der Waals surface area contributed by atoms with Crippen LogP contribution in [0.5, 0.6) is 0 Å². The highest BCUT2D eigenvalue weighted by atomic mass is 16.2. The Bertz CT molecular complexity index is 2400. The number of fused-ring (bicyclic) bond motifs is 4. The number of piperidine rings is 2. The fourth-order valence-corrected chi connectivity index (χ4v) is 11.6. The van der Waals surface area contributed by atoms with Crippen molar-refractivity contribution in [1.29, 1.82) is 0 Å². The zero-order valence-corrected chi connectivity index (χ0v) is 42.2. The number of hydrogen-bond acceptors (Lipinski definition) is 12. The number of benzene rings is 2. The Balaban J connectivity index is 0.000000211. The van der Waals surface area contributed by atoms with Crippen molar-refractivity contribution >= 4 is 57.2 Å². The predicted molar refractivity (Wildman–Crippen MR) is 281 cm³/mol. The molecule has 18 heteroatoms. The molecule has 8 rings (SSSR count). The molecular formula is C54H76N12O6. The summed E-state index contributed by atoms with van der Waals surface area (Å²) in [6, 6.07) is 12.6. The van der Waals surface area contributed by atoms with Crippen molar-refractivity contribution in [2.24, 2.45) is 23.3 Å². The fourth-order valence-electron chi connectivity index (χ4n) is 11.6. The van der Waals surface area contributed by atoms with Gasteiger partial charge in [-0.25, -0.2) is 9.59 Å². The molecule has 10 N–H and O–H groups in total. The van der Waals surface area contributed by atoms with Crippen molar-refractivity contribution in [3.63, 3.8) is 0 Å². The molecule has 2 saturated heterocycles. The average molecular weight is 989 g/mol. The number of nitrogens with zero attached hydrogens (tertiary/aromatic N) is 4. The van der Waals surface area contributed by atoms with Crippen LogP contribution in [0.1, 0.15) is 73.6 Å². The average Bonchev–Trinajstić information content (AvgIpc) is 4.01. The van der Waals surface area contributed by atoms with Crippen molar-refractivity contribution in [2.45, 2.75) is 76.3 Å². The van der Waals surface area contributed by atoms with E-state index >= 15 is 0 Å². The van der Waals surface area contributed by atoms with Crippen LogP contribution in [0.4, 0.5) is 9.59 Å². The highest BCUT2D eigenvalue weighted by Gasteiger charge is 2.45. The summed E-state index contributed by atoms with van der Waals surface area (Å²) in [6.07, 6.45) is 12.4. The number of hydrogen-bond donors (Lipinski definition) is 8. The second kappa shape index (κ2) is 25.6. The fraction of sp³-hybridized carbons (Fsp3) is 0.519. The van der Waals surface area contributed by atoms with Crippen LogP contribution >= 0.6 is 0 Å². The van der Waals surface area contributed by atoms with Crippen molar-refractivity contribution in [2.75, 3.05) is 91.6 Å². The summed E-state index contributed by atoms with van der Waals surface area (Å²) < 4.78 is 0. The quantitative estimate of drug-likeness (QED) is 0.0417. The molecule has 0 radical (unpaired) electrons. The van der Waals surface area contributed by atoms with Crippen molar-refractivity contribution in [1.82, 2.24) is 50.8 Å². The lowest BCUT2D eigenvalue weighted by Crippen LogP contribution is -2.55. The number of urea groups is 2. The van der Waals surface area contributed by atoms with Crippen LogP contribution in [0, 0.1) is 11.8 Å². The minimum absolute atomic E-state index is 0.000461. The van der Waals surface area contributed by atoms with Crippen molar-refractivity contribution in [3.05, 3.63) is 96.4 Å². The molecule has 4 heterocycles. The molecule has 18 nitrogen and oxygen atoms in total. The van der Waals surface area contributed by atoms with Gasteiger partial charge in [0.1, 0.15) is 0 Å². The lowest BCUT2D eigenvalue weighted by atomic mass is 9.72. The topological polar surface area (TPSA) is 247 Å².